The summed E-state index contributed by atoms with van der Waals surface area (Å²) in [7, 11) is 0. The number of esters is 1. The van der Waals surface area contributed by atoms with Crippen LogP contribution >= 0.6 is 0 Å². The number of non-ortho nitro benzene ring substituents is 1. The van der Waals surface area contributed by atoms with Crippen LogP contribution in [0.5, 0.6) is 0 Å². The quantitative estimate of drug-likeness (QED) is 0.477. The number of nitro benzene ring substituents is 1. The van der Waals surface area contributed by atoms with Crippen LogP contribution in [-0.4, -0.2) is 16.5 Å². The van der Waals surface area contributed by atoms with Crippen molar-refractivity contribution in [2.75, 3.05) is 0 Å². The Morgan fingerprint density at radius 3 is 2.37 bits per heavy atom. The molecule has 0 bridgehead atoms. The van der Waals surface area contributed by atoms with Crippen molar-refractivity contribution in [3.8, 4) is 0 Å². The lowest BCUT2D eigenvalue weighted by Crippen LogP contribution is -2.25. The van der Waals surface area contributed by atoms with Gasteiger partial charge in [-0.3, -0.25) is 14.9 Å². The summed E-state index contributed by atoms with van der Waals surface area (Å²) in [5.74, 6) is -0.160. The predicted molar refractivity (Wildman–Crippen MR) is 69.8 cm³/mol. The second kappa shape index (κ2) is 4.64. The van der Waals surface area contributed by atoms with E-state index in [4.69, 9.17) is 4.74 Å². The Balaban J connectivity index is 1.99. The first-order valence-electron chi connectivity index (χ1n) is 6.25. The Morgan fingerprint density at radius 2 is 1.89 bits per heavy atom. The highest BCUT2D eigenvalue weighted by Gasteiger charge is 2.46. The fourth-order valence-corrected chi connectivity index (χ4v) is 2.04. The van der Waals surface area contributed by atoms with Crippen LogP contribution in [0.4, 0.5) is 5.69 Å². The SMILES string of the molecule is CC(C)(C)OC(=O)[C@@H]1C[C@@H]1c1ccc([N+](=O)[O-])cc1. The molecule has 0 aromatic heterocycles. The van der Waals surface area contributed by atoms with Gasteiger partial charge in [-0.2, -0.15) is 0 Å². The van der Waals surface area contributed by atoms with Crippen molar-refractivity contribution < 1.29 is 14.5 Å². The van der Waals surface area contributed by atoms with E-state index in [0.717, 1.165) is 12.0 Å². The van der Waals surface area contributed by atoms with Gasteiger partial charge in [-0.1, -0.05) is 12.1 Å². The van der Waals surface area contributed by atoms with Gasteiger partial charge in [-0.15, -0.1) is 0 Å². The summed E-state index contributed by atoms with van der Waals surface area (Å²) in [5.41, 5.74) is 0.555. The molecule has 19 heavy (non-hydrogen) atoms. The van der Waals surface area contributed by atoms with E-state index in [0.29, 0.717) is 0 Å². The van der Waals surface area contributed by atoms with Crippen LogP contribution in [0, 0.1) is 16.0 Å². The largest absolute Gasteiger partial charge is 0.460 e. The van der Waals surface area contributed by atoms with E-state index < -0.39 is 10.5 Å². The average molecular weight is 263 g/mol. The maximum absolute atomic E-state index is 11.8. The van der Waals surface area contributed by atoms with Gasteiger partial charge >= 0.3 is 5.97 Å². The molecule has 2 atom stereocenters. The number of hydrogen-bond donors (Lipinski definition) is 0. The third kappa shape index (κ3) is 3.30. The van der Waals surface area contributed by atoms with Gasteiger partial charge in [0.25, 0.3) is 5.69 Å². The second-order valence-corrected chi connectivity index (χ2v) is 5.83. The molecule has 1 aromatic rings. The number of nitro groups is 1. The molecule has 0 aliphatic heterocycles. The summed E-state index contributed by atoms with van der Waals surface area (Å²) < 4.78 is 5.33. The highest BCUT2D eigenvalue weighted by molar-refractivity contribution is 5.77. The van der Waals surface area contributed by atoms with Crippen LogP contribution in [0.2, 0.25) is 0 Å². The lowest BCUT2D eigenvalue weighted by molar-refractivity contribution is -0.384. The maximum atomic E-state index is 11.8. The minimum absolute atomic E-state index is 0.0678. The molecule has 2 rings (SSSR count). The molecule has 0 unspecified atom stereocenters. The Hall–Kier alpha value is -1.91. The van der Waals surface area contributed by atoms with Gasteiger partial charge in [0.1, 0.15) is 5.60 Å². The highest BCUT2D eigenvalue weighted by Crippen LogP contribution is 2.48. The van der Waals surface area contributed by atoms with Crippen molar-refractivity contribution in [2.24, 2.45) is 5.92 Å². The molecule has 1 aromatic carbocycles. The lowest BCUT2D eigenvalue weighted by atomic mass is 10.1. The minimum Gasteiger partial charge on any atom is -0.460 e. The van der Waals surface area contributed by atoms with Gasteiger partial charge in [0.15, 0.2) is 0 Å². The lowest BCUT2D eigenvalue weighted by Gasteiger charge is -2.19. The van der Waals surface area contributed by atoms with Crippen LogP contribution in [0.15, 0.2) is 24.3 Å². The monoisotopic (exact) mass is 263 g/mol. The first-order valence-corrected chi connectivity index (χ1v) is 6.25. The standard InChI is InChI=1S/C14H17NO4/c1-14(2,3)19-13(16)12-8-11(12)9-4-6-10(7-5-9)15(17)18/h4-7,11-12H,8H2,1-3H3/t11-,12-/m1/s1. The molecule has 0 spiro atoms. The summed E-state index contributed by atoms with van der Waals surface area (Å²) in [6.07, 6.45) is 0.757. The maximum Gasteiger partial charge on any atom is 0.310 e. The van der Waals surface area contributed by atoms with Gasteiger partial charge in [-0.25, -0.2) is 0 Å². The van der Waals surface area contributed by atoms with E-state index in [1.165, 1.54) is 12.1 Å². The normalized spacial score (nSPS) is 21.8. The summed E-state index contributed by atoms with van der Waals surface area (Å²) >= 11 is 0. The molecule has 0 amide bonds. The third-order valence-corrected chi connectivity index (χ3v) is 3.03. The van der Waals surface area contributed by atoms with E-state index >= 15 is 0 Å². The number of benzene rings is 1. The van der Waals surface area contributed by atoms with E-state index in [9.17, 15) is 14.9 Å². The van der Waals surface area contributed by atoms with Crippen molar-refractivity contribution in [1.82, 2.24) is 0 Å². The first-order chi connectivity index (χ1) is 8.78. The van der Waals surface area contributed by atoms with Crippen molar-refractivity contribution in [3.63, 3.8) is 0 Å². The summed E-state index contributed by atoms with van der Waals surface area (Å²) in [6.45, 7) is 5.52. The van der Waals surface area contributed by atoms with Gasteiger partial charge < -0.3 is 4.74 Å². The number of carbonyl (C=O) groups is 1. The van der Waals surface area contributed by atoms with Crippen LogP contribution in [0.1, 0.15) is 38.7 Å². The topological polar surface area (TPSA) is 69.4 Å². The van der Waals surface area contributed by atoms with E-state index in [1.807, 2.05) is 20.8 Å². The molecule has 0 heterocycles. The predicted octanol–water partition coefficient (Wildman–Crippen LogP) is 3.04. The van der Waals surface area contributed by atoms with Crippen molar-refractivity contribution in [2.45, 2.75) is 38.7 Å². The van der Waals surface area contributed by atoms with Gasteiger partial charge in [0.05, 0.1) is 10.8 Å². The molecule has 1 fully saturated rings. The van der Waals surface area contributed by atoms with Crippen molar-refractivity contribution >= 4 is 11.7 Å². The molecule has 5 heteroatoms. The highest BCUT2D eigenvalue weighted by atomic mass is 16.6. The zero-order valence-electron chi connectivity index (χ0n) is 11.3. The molecule has 1 aliphatic carbocycles. The van der Waals surface area contributed by atoms with Crippen LogP contribution < -0.4 is 0 Å². The molecule has 1 aliphatic rings. The van der Waals surface area contributed by atoms with Gasteiger partial charge in [0.2, 0.25) is 0 Å². The van der Waals surface area contributed by atoms with Crippen LogP contribution in [-0.2, 0) is 9.53 Å². The van der Waals surface area contributed by atoms with E-state index in [1.54, 1.807) is 12.1 Å². The number of rotatable bonds is 3. The van der Waals surface area contributed by atoms with E-state index in [-0.39, 0.29) is 23.5 Å². The molecular weight excluding hydrogens is 246 g/mol. The second-order valence-electron chi connectivity index (χ2n) is 5.83. The number of carbonyl (C=O) groups excluding carboxylic acids is 1. The summed E-state index contributed by atoms with van der Waals surface area (Å²) in [6, 6.07) is 6.37. The Kier molecular flexibility index (Phi) is 3.30. The number of nitrogens with zero attached hydrogens (tertiary/aromatic N) is 1. The Morgan fingerprint density at radius 1 is 1.32 bits per heavy atom. The van der Waals surface area contributed by atoms with Crippen LogP contribution in [0.3, 0.4) is 0 Å². The minimum atomic E-state index is -0.473. The molecule has 0 N–H and O–H groups in total. The van der Waals surface area contributed by atoms with Crippen LogP contribution in [0.25, 0.3) is 0 Å². The molecule has 102 valence electrons. The molecule has 1 saturated carbocycles. The van der Waals surface area contributed by atoms with Gasteiger partial charge in [0, 0.05) is 12.1 Å². The number of ether oxygens (including phenoxy) is 1. The third-order valence-electron chi connectivity index (χ3n) is 3.03. The smallest absolute Gasteiger partial charge is 0.310 e. The fourth-order valence-electron chi connectivity index (χ4n) is 2.04. The molecular formula is C14H17NO4. The average Bonchev–Trinajstić information content (AvgIpc) is 3.06. The van der Waals surface area contributed by atoms with E-state index in [2.05, 4.69) is 0 Å². The zero-order valence-corrected chi connectivity index (χ0v) is 11.3. The molecule has 0 saturated heterocycles. The van der Waals surface area contributed by atoms with Crippen molar-refractivity contribution in [1.29, 1.82) is 0 Å². The summed E-state index contributed by atoms with van der Waals surface area (Å²) in [5, 5.41) is 10.6. The fraction of sp³-hybridized carbons (Fsp3) is 0.500. The Bertz CT molecular complexity index is 501. The Labute approximate surface area is 111 Å². The summed E-state index contributed by atoms with van der Waals surface area (Å²) in [4.78, 5) is 22.0. The number of hydrogen-bond acceptors (Lipinski definition) is 4. The zero-order chi connectivity index (χ0) is 14.2. The molecule has 0 radical (unpaired) electrons. The first kappa shape index (κ1) is 13.5. The van der Waals surface area contributed by atoms with Crippen molar-refractivity contribution in [3.05, 3.63) is 39.9 Å². The molecule has 5 nitrogen and oxygen atoms in total. The van der Waals surface area contributed by atoms with Gasteiger partial charge in [-0.05, 0) is 38.7 Å².